The molecule has 25 heavy (non-hydrogen) atoms. The van der Waals surface area contributed by atoms with E-state index >= 15 is 0 Å². The molecule has 0 saturated carbocycles. The van der Waals surface area contributed by atoms with E-state index in [-0.39, 0.29) is 12.1 Å². The number of aromatic nitrogens is 4. The van der Waals surface area contributed by atoms with Gasteiger partial charge in [0.05, 0.1) is 11.6 Å². The summed E-state index contributed by atoms with van der Waals surface area (Å²) >= 11 is 0. The fourth-order valence-electron chi connectivity index (χ4n) is 2.75. The van der Waals surface area contributed by atoms with Gasteiger partial charge in [-0.3, -0.25) is 5.10 Å². The SMILES string of the molecule is Cc1nc([C@@H](C)NC(=O)N2CCN(c3ncccc3C#N)CC2)n[nH]1. The number of carbonyl (C=O) groups excluding carboxylic acids is 1. The zero-order chi connectivity index (χ0) is 17.8. The minimum Gasteiger partial charge on any atom is -0.352 e. The van der Waals surface area contributed by atoms with E-state index in [9.17, 15) is 10.1 Å². The van der Waals surface area contributed by atoms with E-state index in [1.54, 1.807) is 23.2 Å². The highest BCUT2D eigenvalue weighted by Crippen LogP contribution is 2.18. The number of aryl methyl sites for hydroxylation is 1. The lowest BCUT2D eigenvalue weighted by Gasteiger charge is -2.36. The summed E-state index contributed by atoms with van der Waals surface area (Å²) in [5.41, 5.74) is 0.550. The first-order valence-electron chi connectivity index (χ1n) is 8.13. The maximum atomic E-state index is 12.4. The van der Waals surface area contributed by atoms with Gasteiger partial charge in [-0.25, -0.2) is 14.8 Å². The van der Waals surface area contributed by atoms with Gasteiger partial charge >= 0.3 is 6.03 Å². The van der Waals surface area contributed by atoms with Crippen molar-refractivity contribution < 1.29 is 4.79 Å². The predicted octanol–water partition coefficient (Wildman–Crippen LogP) is 0.973. The smallest absolute Gasteiger partial charge is 0.318 e. The summed E-state index contributed by atoms with van der Waals surface area (Å²) in [6.07, 6.45) is 1.68. The molecule has 1 aliphatic rings. The number of hydrogen-bond acceptors (Lipinski definition) is 6. The zero-order valence-corrected chi connectivity index (χ0v) is 14.2. The van der Waals surface area contributed by atoms with Crippen molar-refractivity contribution in [3.05, 3.63) is 35.5 Å². The molecule has 2 aromatic rings. The lowest BCUT2D eigenvalue weighted by molar-refractivity contribution is 0.190. The van der Waals surface area contributed by atoms with Gasteiger partial charge < -0.3 is 15.1 Å². The number of amides is 2. The molecule has 2 amide bonds. The monoisotopic (exact) mass is 340 g/mol. The topological polar surface area (TPSA) is 114 Å². The van der Waals surface area contributed by atoms with Gasteiger partial charge in [-0.15, -0.1) is 0 Å². The van der Waals surface area contributed by atoms with Crippen molar-refractivity contribution >= 4 is 11.8 Å². The number of piperazine rings is 1. The van der Waals surface area contributed by atoms with Crippen LogP contribution in [0.15, 0.2) is 18.3 Å². The van der Waals surface area contributed by atoms with Crippen LogP contribution in [0.1, 0.15) is 30.2 Å². The normalized spacial score (nSPS) is 15.6. The van der Waals surface area contributed by atoms with Crippen molar-refractivity contribution in [1.82, 2.24) is 30.4 Å². The Morgan fingerprint density at radius 2 is 2.16 bits per heavy atom. The second-order valence-corrected chi connectivity index (χ2v) is 5.91. The number of hydrogen-bond donors (Lipinski definition) is 2. The average Bonchev–Trinajstić information content (AvgIpc) is 3.08. The molecule has 9 nitrogen and oxygen atoms in total. The van der Waals surface area contributed by atoms with Crippen LogP contribution in [-0.2, 0) is 0 Å². The summed E-state index contributed by atoms with van der Waals surface area (Å²) in [4.78, 5) is 24.7. The largest absolute Gasteiger partial charge is 0.352 e. The van der Waals surface area contributed by atoms with Crippen LogP contribution in [0.3, 0.4) is 0 Å². The van der Waals surface area contributed by atoms with E-state index in [1.165, 1.54) is 0 Å². The van der Waals surface area contributed by atoms with Gasteiger partial charge in [0.1, 0.15) is 17.7 Å². The van der Waals surface area contributed by atoms with E-state index in [0.29, 0.717) is 49.2 Å². The van der Waals surface area contributed by atoms with Crippen LogP contribution in [0.5, 0.6) is 0 Å². The lowest BCUT2D eigenvalue weighted by Crippen LogP contribution is -2.52. The Kier molecular flexibility index (Phi) is 4.79. The maximum absolute atomic E-state index is 12.4. The van der Waals surface area contributed by atoms with Gasteiger partial charge in [0.2, 0.25) is 0 Å². The second-order valence-electron chi connectivity index (χ2n) is 5.91. The molecule has 0 aromatic carbocycles. The van der Waals surface area contributed by atoms with Crippen LogP contribution < -0.4 is 10.2 Å². The van der Waals surface area contributed by atoms with Crippen molar-refractivity contribution in [1.29, 1.82) is 5.26 Å². The molecule has 2 aromatic heterocycles. The first-order chi connectivity index (χ1) is 12.1. The van der Waals surface area contributed by atoms with Crippen molar-refractivity contribution in [2.45, 2.75) is 19.9 Å². The highest BCUT2D eigenvalue weighted by Gasteiger charge is 2.25. The Morgan fingerprint density at radius 1 is 1.40 bits per heavy atom. The third-order valence-corrected chi connectivity index (χ3v) is 4.12. The second kappa shape index (κ2) is 7.17. The van der Waals surface area contributed by atoms with E-state index < -0.39 is 0 Å². The molecule has 0 radical (unpaired) electrons. The molecular formula is C16H20N8O. The first kappa shape index (κ1) is 16.7. The molecule has 2 N–H and O–H groups in total. The summed E-state index contributed by atoms with van der Waals surface area (Å²) in [5.74, 6) is 1.96. The molecule has 0 spiro atoms. The molecule has 130 valence electrons. The Bertz CT molecular complexity index is 787. The summed E-state index contributed by atoms with van der Waals surface area (Å²) in [5, 5.41) is 18.9. The van der Waals surface area contributed by atoms with E-state index in [4.69, 9.17) is 0 Å². The lowest BCUT2D eigenvalue weighted by atomic mass is 10.2. The number of carbonyl (C=O) groups is 1. The van der Waals surface area contributed by atoms with Gasteiger partial charge in [0, 0.05) is 32.4 Å². The fraction of sp³-hybridized carbons (Fsp3) is 0.438. The average molecular weight is 340 g/mol. The van der Waals surface area contributed by atoms with Gasteiger partial charge in [0.15, 0.2) is 5.82 Å². The standard InChI is InChI=1S/C16H20N8O/c1-11(14-20-12(2)21-22-14)19-16(25)24-8-6-23(7-9-24)15-13(10-17)4-3-5-18-15/h3-5,11H,6-9H2,1-2H3,(H,19,25)(H,20,21,22)/t11-/m1/s1. The minimum absolute atomic E-state index is 0.142. The van der Waals surface area contributed by atoms with E-state index in [2.05, 4.69) is 31.6 Å². The van der Waals surface area contributed by atoms with Crippen LogP contribution in [0.4, 0.5) is 10.6 Å². The summed E-state index contributed by atoms with van der Waals surface area (Å²) in [7, 11) is 0. The van der Waals surface area contributed by atoms with Crippen LogP contribution in [0.2, 0.25) is 0 Å². The summed E-state index contributed by atoms with van der Waals surface area (Å²) in [6, 6.07) is 5.25. The van der Waals surface area contributed by atoms with Gasteiger partial charge in [0.25, 0.3) is 0 Å². The van der Waals surface area contributed by atoms with E-state index in [0.717, 1.165) is 0 Å². The summed E-state index contributed by atoms with van der Waals surface area (Å²) in [6.45, 7) is 6.06. The molecule has 1 aliphatic heterocycles. The Morgan fingerprint density at radius 3 is 2.80 bits per heavy atom. The van der Waals surface area contributed by atoms with Crippen LogP contribution in [0, 0.1) is 18.3 Å². The van der Waals surface area contributed by atoms with Crippen molar-refractivity contribution in [3.8, 4) is 6.07 Å². The Balaban J connectivity index is 1.57. The molecular weight excluding hydrogens is 320 g/mol. The third kappa shape index (κ3) is 3.68. The fourth-order valence-corrected chi connectivity index (χ4v) is 2.75. The van der Waals surface area contributed by atoms with Gasteiger partial charge in [-0.05, 0) is 26.0 Å². The Hall–Kier alpha value is -3.15. The third-order valence-electron chi connectivity index (χ3n) is 4.12. The number of nitriles is 1. The maximum Gasteiger partial charge on any atom is 0.318 e. The Labute approximate surface area is 145 Å². The number of urea groups is 1. The molecule has 0 bridgehead atoms. The number of H-pyrrole nitrogens is 1. The quantitative estimate of drug-likeness (QED) is 0.861. The molecule has 0 unspecified atom stereocenters. The van der Waals surface area contributed by atoms with Crippen LogP contribution >= 0.6 is 0 Å². The van der Waals surface area contributed by atoms with Crippen molar-refractivity contribution in [3.63, 3.8) is 0 Å². The highest BCUT2D eigenvalue weighted by molar-refractivity contribution is 5.75. The molecule has 1 saturated heterocycles. The van der Waals surface area contributed by atoms with Gasteiger partial charge in [-0.1, -0.05) is 0 Å². The highest BCUT2D eigenvalue weighted by atomic mass is 16.2. The van der Waals surface area contributed by atoms with Crippen LogP contribution in [0.25, 0.3) is 0 Å². The molecule has 3 heterocycles. The van der Waals surface area contributed by atoms with Crippen molar-refractivity contribution in [2.75, 3.05) is 31.1 Å². The van der Waals surface area contributed by atoms with Gasteiger partial charge in [-0.2, -0.15) is 10.4 Å². The number of rotatable bonds is 3. The first-order valence-corrected chi connectivity index (χ1v) is 8.13. The number of aromatic amines is 1. The minimum atomic E-state index is -0.267. The number of pyridine rings is 1. The van der Waals surface area contributed by atoms with Crippen molar-refractivity contribution in [2.24, 2.45) is 0 Å². The molecule has 3 rings (SSSR count). The molecule has 0 aliphatic carbocycles. The van der Waals surface area contributed by atoms with Crippen LogP contribution in [-0.4, -0.2) is 57.3 Å². The zero-order valence-electron chi connectivity index (χ0n) is 14.2. The molecule has 1 fully saturated rings. The number of nitrogens with zero attached hydrogens (tertiary/aromatic N) is 6. The summed E-state index contributed by atoms with van der Waals surface area (Å²) < 4.78 is 0. The predicted molar refractivity (Wildman–Crippen MR) is 90.8 cm³/mol. The molecule has 1 atom stereocenters. The van der Waals surface area contributed by atoms with E-state index in [1.807, 2.05) is 18.7 Å². The molecule has 9 heteroatoms. The number of anilines is 1. The number of nitrogens with one attached hydrogen (secondary N) is 2.